The molecule has 28 heavy (non-hydrogen) atoms. The number of carbonyl (C=O) groups is 1. The summed E-state index contributed by atoms with van der Waals surface area (Å²) in [5.74, 6) is 2.54. The minimum Gasteiger partial charge on any atom is -0.454 e. The van der Waals surface area contributed by atoms with Crippen molar-refractivity contribution in [3.05, 3.63) is 48.5 Å². The lowest BCUT2D eigenvalue weighted by Gasteiger charge is -2.20. The molecule has 144 valence electrons. The Hall–Kier alpha value is -3.20. The fourth-order valence-electron chi connectivity index (χ4n) is 2.58. The van der Waals surface area contributed by atoms with Crippen molar-refractivity contribution >= 4 is 34.4 Å². The van der Waals surface area contributed by atoms with Crippen LogP contribution in [0, 0.1) is 0 Å². The minimum atomic E-state index is -0.166. The molecule has 0 radical (unpaired) electrons. The van der Waals surface area contributed by atoms with Crippen molar-refractivity contribution < 1.29 is 19.0 Å². The first-order valence-corrected chi connectivity index (χ1v) is 9.57. The van der Waals surface area contributed by atoms with Gasteiger partial charge >= 0.3 is 0 Å². The highest BCUT2D eigenvalue weighted by atomic mass is 32.2. The molecule has 0 spiro atoms. The Labute approximate surface area is 166 Å². The molecule has 1 amide bonds. The number of amidine groups is 1. The number of likely N-dealkylation sites (N-methyl/N-ethyl adjacent to an activating group) is 1. The SMILES string of the molecule is CN1CC(Oc2ccccc2)=NC(SCC(=O)Nc2ccc3c(c2)OCO3)=N1. The molecule has 2 aromatic rings. The third-order valence-corrected chi connectivity index (χ3v) is 4.65. The first-order chi connectivity index (χ1) is 13.7. The van der Waals surface area contributed by atoms with E-state index < -0.39 is 0 Å². The Morgan fingerprint density at radius 1 is 1.21 bits per heavy atom. The zero-order valence-corrected chi connectivity index (χ0v) is 15.9. The molecular weight excluding hydrogens is 380 g/mol. The molecule has 2 aliphatic rings. The summed E-state index contributed by atoms with van der Waals surface area (Å²) in [5, 5.41) is 9.36. The molecule has 0 fully saturated rings. The Morgan fingerprint density at radius 3 is 2.89 bits per heavy atom. The van der Waals surface area contributed by atoms with Gasteiger partial charge in [-0.1, -0.05) is 30.0 Å². The van der Waals surface area contributed by atoms with Gasteiger partial charge in [-0.2, -0.15) is 4.99 Å². The quantitative estimate of drug-likeness (QED) is 0.853. The summed E-state index contributed by atoms with van der Waals surface area (Å²) in [5.41, 5.74) is 0.647. The molecule has 0 aromatic heterocycles. The molecule has 0 aliphatic carbocycles. The Bertz CT molecular complexity index is 933. The number of carbonyl (C=O) groups excluding carboxylic acids is 1. The van der Waals surface area contributed by atoms with Gasteiger partial charge in [0, 0.05) is 18.8 Å². The van der Waals surface area contributed by atoms with Crippen LogP contribution in [-0.4, -0.2) is 48.1 Å². The van der Waals surface area contributed by atoms with E-state index in [-0.39, 0.29) is 18.5 Å². The van der Waals surface area contributed by atoms with Gasteiger partial charge in [-0.3, -0.25) is 9.80 Å². The number of nitrogens with one attached hydrogen (secondary N) is 1. The van der Waals surface area contributed by atoms with Gasteiger partial charge in [0.2, 0.25) is 23.8 Å². The molecule has 0 atom stereocenters. The second-order valence-electron chi connectivity index (χ2n) is 6.02. The van der Waals surface area contributed by atoms with Gasteiger partial charge in [0.05, 0.1) is 5.75 Å². The highest BCUT2D eigenvalue weighted by Gasteiger charge is 2.17. The van der Waals surface area contributed by atoms with Crippen LogP contribution in [-0.2, 0) is 4.79 Å². The average Bonchev–Trinajstić information content (AvgIpc) is 3.15. The summed E-state index contributed by atoms with van der Waals surface area (Å²) in [6.45, 7) is 0.656. The average molecular weight is 398 g/mol. The number of benzene rings is 2. The standard InChI is InChI=1S/C19H18N4O4S/c1-23-10-18(27-14-5-3-2-4-6-14)21-19(22-23)28-11-17(24)20-13-7-8-15-16(9-13)26-12-25-15/h2-9H,10-12H2,1H3,(H,20,24). The van der Waals surface area contributed by atoms with Gasteiger partial charge in [-0.15, -0.1) is 5.10 Å². The van der Waals surface area contributed by atoms with Crippen molar-refractivity contribution in [2.24, 2.45) is 10.1 Å². The van der Waals surface area contributed by atoms with E-state index in [1.54, 1.807) is 23.2 Å². The number of fused-ring (bicyclic) bond motifs is 1. The van der Waals surface area contributed by atoms with E-state index in [1.165, 1.54) is 11.8 Å². The van der Waals surface area contributed by atoms with E-state index in [2.05, 4.69) is 15.4 Å². The molecule has 0 unspecified atom stereocenters. The summed E-state index contributed by atoms with van der Waals surface area (Å²) in [4.78, 5) is 16.7. The molecule has 8 nitrogen and oxygen atoms in total. The van der Waals surface area contributed by atoms with E-state index in [9.17, 15) is 4.79 Å². The number of ether oxygens (including phenoxy) is 3. The second-order valence-corrected chi connectivity index (χ2v) is 6.97. The summed E-state index contributed by atoms with van der Waals surface area (Å²) >= 11 is 1.24. The number of anilines is 1. The summed E-state index contributed by atoms with van der Waals surface area (Å²) in [6, 6.07) is 14.7. The Morgan fingerprint density at radius 2 is 2.04 bits per heavy atom. The van der Waals surface area contributed by atoms with Crippen molar-refractivity contribution in [3.8, 4) is 17.2 Å². The molecule has 1 N–H and O–H groups in total. The van der Waals surface area contributed by atoms with Crippen LogP contribution in [0.15, 0.2) is 58.6 Å². The third kappa shape index (κ3) is 4.55. The summed E-state index contributed by atoms with van der Waals surface area (Å²) in [6.07, 6.45) is 0. The number of nitrogens with zero attached hydrogens (tertiary/aromatic N) is 3. The molecule has 4 rings (SSSR count). The van der Waals surface area contributed by atoms with Gasteiger partial charge < -0.3 is 19.5 Å². The van der Waals surface area contributed by atoms with Crippen molar-refractivity contribution in [2.75, 3.05) is 31.5 Å². The number of para-hydroxylation sites is 1. The summed E-state index contributed by atoms with van der Waals surface area (Å²) in [7, 11) is 1.83. The fraction of sp³-hybridized carbons (Fsp3) is 0.211. The monoisotopic (exact) mass is 398 g/mol. The lowest BCUT2D eigenvalue weighted by atomic mass is 10.3. The fourth-order valence-corrected chi connectivity index (χ4v) is 3.28. The number of hydrogen-bond donors (Lipinski definition) is 1. The van der Waals surface area contributed by atoms with Crippen molar-refractivity contribution in [1.29, 1.82) is 0 Å². The lowest BCUT2D eigenvalue weighted by Crippen LogP contribution is -2.31. The maximum Gasteiger partial charge on any atom is 0.234 e. The number of rotatable bonds is 4. The van der Waals surface area contributed by atoms with E-state index in [4.69, 9.17) is 14.2 Å². The Balaban J connectivity index is 1.33. The zero-order chi connectivity index (χ0) is 19.3. The molecule has 0 saturated carbocycles. The molecule has 0 bridgehead atoms. The number of hydrogen-bond acceptors (Lipinski definition) is 8. The lowest BCUT2D eigenvalue weighted by molar-refractivity contribution is -0.113. The van der Waals surface area contributed by atoms with E-state index >= 15 is 0 Å². The van der Waals surface area contributed by atoms with E-state index in [0.717, 1.165) is 0 Å². The highest BCUT2D eigenvalue weighted by molar-refractivity contribution is 8.14. The smallest absolute Gasteiger partial charge is 0.234 e. The normalized spacial score (nSPS) is 15.0. The number of amides is 1. The first kappa shape index (κ1) is 18.2. The van der Waals surface area contributed by atoms with Crippen LogP contribution in [0.4, 0.5) is 5.69 Å². The van der Waals surface area contributed by atoms with Crippen LogP contribution in [0.1, 0.15) is 0 Å². The molecular formula is C19H18N4O4S. The van der Waals surface area contributed by atoms with Crippen molar-refractivity contribution in [1.82, 2.24) is 5.01 Å². The molecule has 0 saturated heterocycles. The number of hydrazone groups is 1. The van der Waals surface area contributed by atoms with Crippen LogP contribution in [0.25, 0.3) is 0 Å². The molecule has 9 heteroatoms. The predicted octanol–water partition coefficient (Wildman–Crippen LogP) is 2.78. The number of thioether (sulfide) groups is 1. The Kier molecular flexibility index (Phi) is 5.34. The maximum absolute atomic E-state index is 12.3. The highest BCUT2D eigenvalue weighted by Crippen LogP contribution is 2.34. The van der Waals surface area contributed by atoms with Crippen molar-refractivity contribution in [3.63, 3.8) is 0 Å². The third-order valence-electron chi connectivity index (χ3n) is 3.81. The molecule has 2 heterocycles. The van der Waals surface area contributed by atoms with Crippen molar-refractivity contribution in [2.45, 2.75) is 0 Å². The number of aliphatic imine (C=N–C) groups is 1. The molecule has 2 aromatic carbocycles. The van der Waals surface area contributed by atoms with E-state index in [0.29, 0.717) is 40.5 Å². The van der Waals surface area contributed by atoms with Crippen LogP contribution in [0.2, 0.25) is 0 Å². The van der Waals surface area contributed by atoms with Crippen LogP contribution in [0.3, 0.4) is 0 Å². The topological polar surface area (TPSA) is 84.8 Å². The van der Waals surface area contributed by atoms with Gasteiger partial charge in [-0.25, -0.2) is 0 Å². The van der Waals surface area contributed by atoms with Gasteiger partial charge in [0.15, 0.2) is 11.5 Å². The minimum absolute atomic E-state index is 0.166. The van der Waals surface area contributed by atoms with Crippen LogP contribution < -0.4 is 19.5 Å². The van der Waals surface area contributed by atoms with Gasteiger partial charge in [0.1, 0.15) is 12.3 Å². The summed E-state index contributed by atoms with van der Waals surface area (Å²) < 4.78 is 16.4. The first-order valence-electron chi connectivity index (χ1n) is 8.58. The largest absolute Gasteiger partial charge is 0.454 e. The predicted molar refractivity (Wildman–Crippen MR) is 108 cm³/mol. The van der Waals surface area contributed by atoms with Gasteiger partial charge in [0.25, 0.3) is 0 Å². The van der Waals surface area contributed by atoms with E-state index in [1.807, 2.05) is 37.4 Å². The second kappa shape index (κ2) is 8.22. The van der Waals surface area contributed by atoms with Crippen LogP contribution >= 0.6 is 11.8 Å². The molecule has 2 aliphatic heterocycles. The maximum atomic E-state index is 12.3. The van der Waals surface area contributed by atoms with Crippen LogP contribution in [0.5, 0.6) is 17.2 Å². The van der Waals surface area contributed by atoms with Gasteiger partial charge in [-0.05, 0) is 24.3 Å². The zero-order valence-electron chi connectivity index (χ0n) is 15.1.